The van der Waals surface area contributed by atoms with Gasteiger partial charge < -0.3 is 4.74 Å². The summed E-state index contributed by atoms with van der Waals surface area (Å²) in [6.45, 7) is 4.98. The Balaban J connectivity index is 2.35. The summed E-state index contributed by atoms with van der Waals surface area (Å²) in [6, 6.07) is 6.34. The summed E-state index contributed by atoms with van der Waals surface area (Å²) in [5.41, 5.74) is 2.83. The topological polar surface area (TPSA) is 9.23 Å². The lowest BCUT2D eigenvalue weighted by Crippen LogP contribution is -1.97. The molecule has 0 aromatic heterocycles. The van der Waals surface area contributed by atoms with Crippen LogP contribution in [0.15, 0.2) is 18.2 Å². The number of hydrogen-bond acceptors (Lipinski definition) is 1. The molecule has 0 unspecified atom stereocenters. The standard InChI is InChI=1S/C12H16O/c1-3-13-11-6-4-5-9(2)12(11)10-7-8-10/h4-6,10H,3,7-8H2,1-2H3. The lowest BCUT2D eigenvalue weighted by molar-refractivity contribution is 0.336. The van der Waals surface area contributed by atoms with Crippen LogP contribution in [0.2, 0.25) is 0 Å². The second-order valence-electron chi connectivity index (χ2n) is 3.69. The Hall–Kier alpha value is -0.980. The molecule has 1 aromatic carbocycles. The highest BCUT2D eigenvalue weighted by Crippen LogP contribution is 2.45. The predicted molar refractivity (Wildman–Crippen MR) is 54.3 cm³/mol. The molecule has 0 amide bonds. The molecule has 0 N–H and O–H groups in total. The first-order valence-electron chi connectivity index (χ1n) is 5.05. The molecule has 1 aliphatic carbocycles. The van der Waals surface area contributed by atoms with Gasteiger partial charge in [0.15, 0.2) is 0 Å². The van der Waals surface area contributed by atoms with E-state index in [0.717, 1.165) is 18.3 Å². The zero-order chi connectivity index (χ0) is 9.26. The van der Waals surface area contributed by atoms with E-state index in [0.29, 0.717) is 0 Å². The van der Waals surface area contributed by atoms with Gasteiger partial charge in [-0.15, -0.1) is 0 Å². The molecule has 2 rings (SSSR count). The molecule has 0 atom stereocenters. The highest BCUT2D eigenvalue weighted by Gasteiger charge is 2.27. The van der Waals surface area contributed by atoms with Crippen molar-refractivity contribution in [1.29, 1.82) is 0 Å². The summed E-state index contributed by atoms with van der Waals surface area (Å²) in [7, 11) is 0. The molecule has 0 heterocycles. The van der Waals surface area contributed by atoms with Gasteiger partial charge in [-0.1, -0.05) is 12.1 Å². The summed E-state index contributed by atoms with van der Waals surface area (Å²) < 4.78 is 5.62. The Bertz CT molecular complexity index is 300. The molecule has 1 aromatic rings. The highest BCUT2D eigenvalue weighted by molar-refractivity contribution is 5.44. The number of aryl methyl sites for hydroxylation is 1. The van der Waals surface area contributed by atoms with E-state index in [-0.39, 0.29) is 0 Å². The van der Waals surface area contributed by atoms with Gasteiger partial charge in [-0.05, 0) is 44.2 Å². The van der Waals surface area contributed by atoms with Crippen molar-refractivity contribution in [2.45, 2.75) is 32.6 Å². The van der Waals surface area contributed by atoms with E-state index in [1.54, 1.807) is 0 Å². The first kappa shape index (κ1) is 8.61. The Labute approximate surface area is 79.7 Å². The molecule has 1 nitrogen and oxygen atoms in total. The van der Waals surface area contributed by atoms with Crippen molar-refractivity contribution in [2.24, 2.45) is 0 Å². The van der Waals surface area contributed by atoms with Crippen LogP contribution in [0, 0.1) is 6.92 Å². The molecule has 1 fully saturated rings. The van der Waals surface area contributed by atoms with Gasteiger partial charge in [0.05, 0.1) is 6.61 Å². The van der Waals surface area contributed by atoms with Gasteiger partial charge in [-0.2, -0.15) is 0 Å². The highest BCUT2D eigenvalue weighted by atomic mass is 16.5. The van der Waals surface area contributed by atoms with Crippen molar-refractivity contribution >= 4 is 0 Å². The zero-order valence-electron chi connectivity index (χ0n) is 8.34. The van der Waals surface area contributed by atoms with Crippen LogP contribution < -0.4 is 4.74 Å². The summed E-state index contributed by atoms with van der Waals surface area (Å²) >= 11 is 0. The average Bonchev–Trinajstić information content (AvgIpc) is 2.88. The third kappa shape index (κ3) is 1.69. The van der Waals surface area contributed by atoms with Crippen LogP contribution in [0.25, 0.3) is 0 Å². The average molecular weight is 176 g/mol. The molecule has 0 spiro atoms. The van der Waals surface area contributed by atoms with Gasteiger partial charge in [-0.3, -0.25) is 0 Å². The van der Waals surface area contributed by atoms with Crippen molar-refractivity contribution in [3.63, 3.8) is 0 Å². The molecule has 13 heavy (non-hydrogen) atoms. The number of hydrogen-bond donors (Lipinski definition) is 0. The van der Waals surface area contributed by atoms with Crippen LogP contribution in [0.3, 0.4) is 0 Å². The Morgan fingerprint density at radius 1 is 1.38 bits per heavy atom. The fourth-order valence-corrected chi connectivity index (χ4v) is 1.83. The van der Waals surface area contributed by atoms with E-state index >= 15 is 0 Å². The van der Waals surface area contributed by atoms with E-state index in [1.165, 1.54) is 24.0 Å². The maximum Gasteiger partial charge on any atom is 0.123 e. The van der Waals surface area contributed by atoms with E-state index in [9.17, 15) is 0 Å². The number of rotatable bonds is 3. The number of benzene rings is 1. The first-order valence-corrected chi connectivity index (χ1v) is 5.05. The second kappa shape index (κ2) is 3.41. The lowest BCUT2D eigenvalue weighted by Gasteiger charge is -2.11. The summed E-state index contributed by atoms with van der Waals surface area (Å²) in [6.07, 6.45) is 2.68. The minimum absolute atomic E-state index is 0.767. The predicted octanol–water partition coefficient (Wildman–Crippen LogP) is 3.27. The SMILES string of the molecule is CCOc1cccc(C)c1C1CC1. The first-order chi connectivity index (χ1) is 6.33. The Morgan fingerprint density at radius 3 is 2.77 bits per heavy atom. The maximum atomic E-state index is 5.62. The van der Waals surface area contributed by atoms with Crippen LogP contribution in [-0.2, 0) is 0 Å². The summed E-state index contributed by atoms with van der Waals surface area (Å²) in [5, 5.41) is 0. The van der Waals surface area contributed by atoms with Crippen molar-refractivity contribution in [2.75, 3.05) is 6.61 Å². The Kier molecular flexibility index (Phi) is 2.26. The molecular weight excluding hydrogens is 160 g/mol. The molecule has 0 bridgehead atoms. The fraction of sp³-hybridized carbons (Fsp3) is 0.500. The van der Waals surface area contributed by atoms with Gasteiger partial charge >= 0.3 is 0 Å². The molecule has 1 saturated carbocycles. The maximum absolute atomic E-state index is 5.62. The monoisotopic (exact) mass is 176 g/mol. The van der Waals surface area contributed by atoms with Crippen LogP contribution in [0.5, 0.6) is 5.75 Å². The van der Waals surface area contributed by atoms with Crippen LogP contribution in [-0.4, -0.2) is 6.61 Å². The van der Waals surface area contributed by atoms with Crippen molar-refractivity contribution in [1.82, 2.24) is 0 Å². The number of ether oxygens (including phenoxy) is 1. The fourth-order valence-electron chi connectivity index (χ4n) is 1.83. The van der Waals surface area contributed by atoms with E-state index in [2.05, 4.69) is 25.1 Å². The van der Waals surface area contributed by atoms with Gasteiger partial charge in [0, 0.05) is 5.56 Å². The van der Waals surface area contributed by atoms with E-state index in [1.807, 2.05) is 6.92 Å². The lowest BCUT2D eigenvalue weighted by atomic mass is 10.0. The van der Waals surface area contributed by atoms with Crippen molar-refractivity contribution in [3.8, 4) is 5.75 Å². The molecule has 1 heteroatoms. The van der Waals surface area contributed by atoms with Gasteiger partial charge in [0.2, 0.25) is 0 Å². The minimum Gasteiger partial charge on any atom is -0.494 e. The van der Waals surface area contributed by atoms with Gasteiger partial charge in [-0.25, -0.2) is 0 Å². The molecular formula is C12H16O. The minimum atomic E-state index is 0.767. The summed E-state index contributed by atoms with van der Waals surface area (Å²) in [5.74, 6) is 1.88. The molecule has 0 aliphatic heterocycles. The third-order valence-electron chi connectivity index (χ3n) is 2.57. The second-order valence-corrected chi connectivity index (χ2v) is 3.69. The molecule has 1 aliphatic rings. The van der Waals surface area contributed by atoms with Crippen molar-refractivity contribution < 1.29 is 4.74 Å². The smallest absolute Gasteiger partial charge is 0.123 e. The zero-order valence-corrected chi connectivity index (χ0v) is 8.34. The molecule has 70 valence electrons. The van der Waals surface area contributed by atoms with E-state index in [4.69, 9.17) is 4.74 Å². The summed E-state index contributed by atoms with van der Waals surface area (Å²) in [4.78, 5) is 0. The van der Waals surface area contributed by atoms with Crippen LogP contribution >= 0.6 is 0 Å². The molecule has 0 saturated heterocycles. The van der Waals surface area contributed by atoms with Gasteiger partial charge in [0.1, 0.15) is 5.75 Å². The van der Waals surface area contributed by atoms with Crippen LogP contribution in [0.1, 0.15) is 36.8 Å². The molecule has 0 radical (unpaired) electrons. The normalized spacial score (nSPS) is 15.8. The largest absolute Gasteiger partial charge is 0.494 e. The third-order valence-corrected chi connectivity index (χ3v) is 2.57. The van der Waals surface area contributed by atoms with Crippen molar-refractivity contribution in [3.05, 3.63) is 29.3 Å². The van der Waals surface area contributed by atoms with Gasteiger partial charge in [0.25, 0.3) is 0 Å². The van der Waals surface area contributed by atoms with E-state index < -0.39 is 0 Å². The quantitative estimate of drug-likeness (QED) is 0.686. The van der Waals surface area contributed by atoms with Crippen LogP contribution in [0.4, 0.5) is 0 Å². The Morgan fingerprint density at radius 2 is 2.15 bits per heavy atom.